The van der Waals surface area contributed by atoms with Gasteiger partial charge in [-0.3, -0.25) is 4.79 Å². The van der Waals surface area contributed by atoms with Gasteiger partial charge in [-0.2, -0.15) is 4.98 Å². The molecule has 1 amide bonds. The number of nitrogens with one attached hydrogen (secondary N) is 2. The summed E-state index contributed by atoms with van der Waals surface area (Å²) in [7, 11) is 0. The summed E-state index contributed by atoms with van der Waals surface area (Å²) in [6.45, 7) is 2.58. The van der Waals surface area contributed by atoms with Crippen molar-refractivity contribution in [3.05, 3.63) is 65.9 Å². The number of nitrogens with zero attached hydrogens (tertiary/aromatic N) is 3. The molecule has 0 spiro atoms. The van der Waals surface area contributed by atoms with E-state index in [0.717, 1.165) is 43.9 Å². The van der Waals surface area contributed by atoms with E-state index >= 15 is 0 Å². The van der Waals surface area contributed by atoms with Gasteiger partial charge in [-0.05, 0) is 49.2 Å². The first-order chi connectivity index (χ1) is 16.0. The second kappa shape index (κ2) is 10.2. The summed E-state index contributed by atoms with van der Waals surface area (Å²) in [4.78, 5) is 23.4. The number of hydrogen-bond donors (Lipinski definition) is 3. The Morgan fingerprint density at radius 3 is 2.39 bits per heavy atom. The zero-order valence-corrected chi connectivity index (χ0v) is 17.9. The van der Waals surface area contributed by atoms with Crippen molar-refractivity contribution in [2.75, 3.05) is 41.8 Å². The summed E-state index contributed by atoms with van der Waals surface area (Å²) < 4.78 is 32.4. The standard InChI is InChI=1S/C23H24F2N6O2/c24-16-11-15(12-17(25)13-16)22(32)28-18-3-5-19(6-4-18)29-23-27-14-20(33-10-7-26)21(30-23)31-8-1-2-9-31/h3-6,11-14H,1-2,7-10,26H2,(H,28,32)(H,27,29,30). The van der Waals surface area contributed by atoms with Crippen molar-refractivity contribution in [2.24, 2.45) is 5.73 Å². The van der Waals surface area contributed by atoms with E-state index in [0.29, 0.717) is 42.3 Å². The number of aromatic nitrogens is 2. The third kappa shape index (κ3) is 5.72. The summed E-state index contributed by atoms with van der Waals surface area (Å²) in [5.41, 5.74) is 6.62. The molecule has 1 saturated heterocycles. The fourth-order valence-electron chi connectivity index (χ4n) is 3.50. The first-order valence-corrected chi connectivity index (χ1v) is 10.6. The van der Waals surface area contributed by atoms with E-state index in [1.54, 1.807) is 30.5 Å². The predicted octanol–water partition coefficient (Wildman–Crippen LogP) is 3.69. The molecule has 0 atom stereocenters. The van der Waals surface area contributed by atoms with Crippen molar-refractivity contribution in [2.45, 2.75) is 12.8 Å². The number of anilines is 4. The number of amides is 1. The van der Waals surface area contributed by atoms with Crippen LogP contribution in [0.15, 0.2) is 48.7 Å². The maximum atomic E-state index is 13.3. The van der Waals surface area contributed by atoms with Crippen molar-refractivity contribution in [3.8, 4) is 5.75 Å². The first kappa shape index (κ1) is 22.4. The minimum atomic E-state index is -0.813. The number of benzene rings is 2. The highest BCUT2D eigenvalue weighted by atomic mass is 19.1. The van der Waals surface area contributed by atoms with Crippen LogP contribution >= 0.6 is 0 Å². The monoisotopic (exact) mass is 454 g/mol. The van der Waals surface area contributed by atoms with Crippen LogP contribution in [-0.2, 0) is 0 Å². The van der Waals surface area contributed by atoms with Crippen molar-refractivity contribution < 1.29 is 18.3 Å². The molecular formula is C23H24F2N6O2. The second-order valence-corrected chi connectivity index (χ2v) is 7.53. The zero-order valence-electron chi connectivity index (χ0n) is 17.9. The molecule has 0 aliphatic carbocycles. The molecule has 4 rings (SSSR count). The molecule has 1 aromatic heterocycles. The van der Waals surface area contributed by atoms with Gasteiger partial charge in [0, 0.05) is 42.6 Å². The molecule has 10 heteroatoms. The van der Waals surface area contributed by atoms with Crippen LogP contribution in [0.1, 0.15) is 23.2 Å². The Morgan fingerprint density at radius 2 is 1.73 bits per heavy atom. The van der Waals surface area contributed by atoms with Gasteiger partial charge in [0.2, 0.25) is 5.95 Å². The Kier molecular flexibility index (Phi) is 6.94. The number of halogens is 2. The normalized spacial score (nSPS) is 13.1. The van der Waals surface area contributed by atoms with Crippen LogP contribution < -0.4 is 26.0 Å². The van der Waals surface area contributed by atoms with Gasteiger partial charge in [-0.1, -0.05) is 0 Å². The third-order valence-corrected chi connectivity index (χ3v) is 5.04. The van der Waals surface area contributed by atoms with E-state index < -0.39 is 17.5 Å². The molecule has 172 valence electrons. The van der Waals surface area contributed by atoms with E-state index in [9.17, 15) is 13.6 Å². The Hall–Kier alpha value is -3.79. The van der Waals surface area contributed by atoms with Crippen LogP contribution in [0.4, 0.5) is 31.9 Å². The minimum absolute atomic E-state index is 0.102. The molecule has 0 bridgehead atoms. The van der Waals surface area contributed by atoms with Crippen LogP contribution in [0.25, 0.3) is 0 Å². The first-order valence-electron chi connectivity index (χ1n) is 10.6. The number of ether oxygens (including phenoxy) is 1. The molecule has 4 N–H and O–H groups in total. The highest BCUT2D eigenvalue weighted by molar-refractivity contribution is 6.04. The lowest BCUT2D eigenvalue weighted by atomic mass is 10.2. The lowest BCUT2D eigenvalue weighted by molar-refractivity contribution is 0.102. The Morgan fingerprint density at radius 1 is 1.06 bits per heavy atom. The molecule has 0 radical (unpaired) electrons. The number of nitrogens with two attached hydrogens (primary N) is 1. The lowest BCUT2D eigenvalue weighted by Gasteiger charge is -2.20. The van der Waals surface area contributed by atoms with Crippen LogP contribution in [0.5, 0.6) is 5.75 Å². The molecule has 3 aromatic rings. The molecule has 1 aliphatic heterocycles. The van der Waals surface area contributed by atoms with Crippen LogP contribution in [0.2, 0.25) is 0 Å². The fraction of sp³-hybridized carbons (Fsp3) is 0.261. The summed E-state index contributed by atoms with van der Waals surface area (Å²) in [6, 6.07) is 9.46. The van der Waals surface area contributed by atoms with Crippen LogP contribution in [0, 0.1) is 11.6 Å². The summed E-state index contributed by atoms with van der Waals surface area (Å²) in [5.74, 6) is -0.505. The van der Waals surface area contributed by atoms with E-state index in [1.165, 1.54) is 0 Å². The van der Waals surface area contributed by atoms with E-state index in [-0.39, 0.29) is 5.56 Å². The van der Waals surface area contributed by atoms with Crippen LogP contribution in [-0.4, -0.2) is 42.1 Å². The average molecular weight is 454 g/mol. The fourth-order valence-corrected chi connectivity index (χ4v) is 3.50. The van der Waals surface area contributed by atoms with Gasteiger partial charge in [-0.15, -0.1) is 0 Å². The smallest absolute Gasteiger partial charge is 0.255 e. The van der Waals surface area contributed by atoms with E-state index in [1.807, 2.05) is 0 Å². The van der Waals surface area contributed by atoms with Crippen molar-refractivity contribution in [1.82, 2.24) is 9.97 Å². The molecular weight excluding hydrogens is 430 g/mol. The van der Waals surface area contributed by atoms with Gasteiger partial charge in [0.25, 0.3) is 5.91 Å². The zero-order chi connectivity index (χ0) is 23.2. The number of hydrogen-bond acceptors (Lipinski definition) is 7. The van der Waals surface area contributed by atoms with Gasteiger partial charge < -0.3 is 26.0 Å². The van der Waals surface area contributed by atoms with Crippen molar-refractivity contribution >= 4 is 29.0 Å². The predicted molar refractivity (Wildman–Crippen MR) is 122 cm³/mol. The minimum Gasteiger partial charge on any atom is -0.487 e. The Balaban J connectivity index is 1.45. The number of carbonyl (C=O) groups is 1. The molecule has 2 heterocycles. The van der Waals surface area contributed by atoms with Gasteiger partial charge in [0.05, 0.1) is 6.20 Å². The van der Waals surface area contributed by atoms with E-state index in [4.69, 9.17) is 10.5 Å². The van der Waals surface area contributed by atoms with Gasteiger partial charge in [0.15, 0.2) is 11.6 Å². The van der Waals surface area contributed by atoms with E-state index in [2.05, 4.69) is 25.5 Å². The SMILES string of the molecule is NCCOc1cnc(Nc2ccc(NC(=O)c3cc(F)cc(F)c3)cc2)nc1N1CCCC1. The van der Waals surface area contributed by atoms with Gasteiger partial charge in [-0.25, -0.2) is 13.8 Å². The summed E-state index contributed by atoms with van der Waals surface area (Å²) in [5, 5.41) is 5.75. The molecule has 8 nitrogen and oxygen atoms in total. The summed E-state index contributed by atoms with van der Waals surface area (Å²) >= 11 is 0. The van der Waals surface area contributed by atoms with Crippen molar-refractivity contribution in [1.29, 1.82) is 0 Å². The highest BCUT2D eigenvalue weighted by Gasteiger charge is 2.19. The lowest BCUT2D eigenvalue weighted by Crippen LogP contribution is -2.21. The largest absolute Gasteiger partial charge is 0.487 e. The molecule has 1 fully saturated rings. The Labute approximate surface area is 189 Å². The van der Waals surface area contributed by atoms with Crippen molar-refractivity contribution in [3.63, 3.8) is 0 Å². The average Bonchev–Trinajstić information content (AvgIpc) is 3.33. The number of carbonyl (C=O) groups excluding carboxylic acids is 1. The van der Waals surface area contributed by atoms with Crippen LogP contribution in [0.3, 0.4) is 0 Å². The molecule has 2 aromatic carbocycles. The second-order valence-electron chi connectivity index (χ2n) is 7.53. The van der Waals surface area contributed by atoms with Gasteiger partial charge in [0.1, 0.15) is 18.2 Å². The molecule has 0 saturated carbocycles. The molecule has 0 unspecified atom stereocenters. The maximum absolute atomic E-state index is 13.3. The third-order valence-electron chi connectivity index (χ3n) is 5.04. The van der Waals surface area contributed by atoms with Gasteiger partial charge >= 0.3 is 0 Å². The molecule has 33 heavy (non-hydrogen) atoms. The molecule has 1 aliphatic rings. The topological polar surface area (TPSA) is 105 Å². The Bertz CT molecular complexity index is 1100. The summed E-state index contributed by atoms with van der Waals surface area (Å²) in [6.07, 6.45) is 3.82. The quantitative estimate of drug-likeness (QED) is 0.477. The number of rotatable bonds is 8. The highest BCUT2D eigenvalue weighted by Crippen LogP contribution is 2.30. The maximum Gasteiger partial charge on any atom is 0.255 e.